The number of benzene rings is 1. The number of nitrogens with two attached hydrogens (primary N) is 1. The minimum Gasteiger partial charge on any atom is -0.398 e. The van der Waals surface area contributed by atoms with Crippen molar-refractivity contribution in [3.63, 3.8) is 0 Å². The van der Waals surface area contributed by atoms with Crippen LogP contribution >= 0.6 is 27.5 Å². The third-order valence-electron chi connectivity index (χ3n) is 1.85. The number of halogens is 1. The fourth-order valence-corrected chi connectivity index (χ4v) is 1.88. The van der Waals surface area contributed by atoms with E-state index in [1.165, 1.54) is 0 Å². The van der Waals surface area contributed by atoms with Crippen LogP contribution in [0.25, 0.3) is 0 Å². The standard InChI is InChI=1S/C9H7BrN4OS/c10-6-3-5(1-2-7(6)11)12-9(15)8-4-16-14-13-8/h1-4H,11H2,(H,12,15). The van der Waals surface area contributed by atoms with E-state index in [0.717, 1.165) is 16.0 Å². The molecule has 7 heteroatoms. The van der Waals surface area contributed by atoms with Crippen LogP contribution in [0.15, 0.2) is 28.1 Å². The van der Waals surface area contributed by atoms with E-state index < -0.39 is 0 Å². The lowest BCUT2D eigenvalue weighted by Gasteiger charge is -2.04. The van der Waals surface area contributed by atoms with Crippen LogP contribution in [0.2, 0.25) is 0 Å². The van der Waals surface area contributed by atoms with Crippen molar-refractivity contribution >= 4 is 44.7 Å². The van der Waals surface area contributed by atoms with E-state index in [9.17, 15) is 4.79 Å². The average Bonchev–Trinajstić information content (AvgIpc) is 2.77. The van der Waals surface area contributed by atoms with Gasteiger partial charge in [-0.1, -0.05) is 4.49 Å². The minimum atomic E-state index is -0.287. The number of aromatic nitrogens is 2. The largest absolute Gasteiger partial charge is 0.398 e. The first-order valence-electron chi connectivity index (χ1n) is 4.30. The van der Waals surface area contributed by atoms with Gasteiger partial charge in [-0.05, 0) is 45.7 Å². The molecule has 2 aromatic rings. The Bertz CT molecular complexity index is 514. The SMILES string of the molecule is Nc1ccc(NC(=O)c2csnn2)cc1Br. The molecule has 1 aromatic heterocycles. The quantitative estimate of drug-likeness (QED) is 0.832. The Morgan fingerprint density at radius 2 is 2.31 bits per heavy atom. The van der Waals surface area contributed by atoms with Gasteiger partial charge < -0.3 is 11.1 Å². The highest BCUT2D eigenvalue weighted by molar-refractivity contribution is 9.10. The van der Waals surface area contributed by atoms with Crippen LogP contribution in [0.4, 0.5) is 11.4 Å². The third kappa shape index (κ3) is 2.37. The zero-order valence-corrected chi connectivity index (χ0v) is 10.4. The van der Waals surface area contributed by atoms with Gasteiger partial charge in [-0.3, -0.25) is 4.79 Å². The Balaban J connectivity index is 2.15. The summed E-state index contributed by atoms with van der Waals surface area (Å²) in [6, 6.07) is 5.16. The molecule has 16 heavy (non-hydrogen) atoms. The zero-order valence-electron chi connectivity index (χ0n) is 7.98. The molecule has 0 aliphatic carbocycles. The molecule has 5 nitrogen and oxygen atoms in total. The summed E-state index contributed by atoms with van der Waals surface area (Å²) in [7, 11) is 0. The van der Waals surface area contributed by atoms with Gasteiger partial charge in [0.25, 0.3) is 5.91 Å². The summed E-state index contributed by atoms with van der Waals surface area (Å²) in [6.45, 7) is 0. The van der Waals surface area contributed by atoms with Crippen molar-refractivity contribution in [3.8, 4) is 0 Å². The first-order valence-corrected chi connectivity index (χ1v) is 5.93. The van der Waals surface area contributed by atoms with E-state index in [1.807, 2.05) is 0 Å². The Kier molecular flexibility index (Phi) is 3.16. The zero-order chi connectivity index (χ0) is 11.5. The van der Waals surface area contributed by atoms with Gasteiger partial charge in [0.05, 0.1) is 0 Å². The summed E-state index contributed by atoms with van der Waals surface area (Å²) in [4.78, 5) is 11.6. The summed E-state index contributed by atoms with van der Waals surface area (Å²) in [5.41, 5.74) is 7.21. The molecule has 0 saturated heterocycles. The average molecular weight is 299 g/mol. The van der Waals surface area contributed by atoms with E-state index >= 15 is 0 Å². The second kappa shape index (κ2) is 4.58. The summed E-state index contributed by atoms with van der Waals surface area (Å²) >= 11 is 4.42. The highest BCUT2D eigenvalue weighted by Crippen LogP contribution is 2.23. The van der Waals surface area contributed by atoms with Gasteiger partial charge in [-0.25, -0.2) is 0 Å². The number of hydrogen-bond acceptors (Lipinski definition) is 5. The minimum absolute atomic E-state index is 0.287. The summed E-state index contributed by atoms with van der Waals surface area (Å²) in [5, 5.41) is 7.95. The topological polar surface area (TPSA) is 80.9 Å². The number of carbonyl (C=O) groups is 1. The normalized spacial score (nSPS) is 10.1. The number of nitrogens with one attached hydrogen (secondary N) is 1. The van der Waals surface area contributed by atoms with Crippen molar-refractivity contribution in [2.24, 2.45) is 0 Å². The lowest BCUT2D eigenvalue weighted by Crippen LogP contribution is -2.12. The van der Waals surface area contributed by atoms with Gasteiger partial charge in [0.2, 0.25) is 0 Å². The van der Waals surface area contributed by atoms with Gasteiger partial charge in [0.1, 0.15) is 0 Å². The van der Waals surface area contributed by atoms with Crippen molar-refractivity contribution in [1.82, 2.24) is 9.59 Å². The predicted molar refractivity (Wildman–Crippen MR) is 66.4 cm³/mol. The van der Waals surface area contributed by atoms with Crippen molar-refractivity contribution < 1.29 is 4.79 Å². The number of hydrogen-bond donors (Lipinski definition) is 2. The van der Waals surface area contributed by atoms with Gasteiger partial charge in [0, 0.05) is 21.2 Å². The molecular formula is C9H7BrN4OS. The molecule has 1 amide bonds. The molecule has 0 radical (unpaired) electrons. The van der Waals surface area contributed by atoms with Crippen LogP contribution in [-0.4, -0.2) is 15.5 Å². The van der Waals surface area contributed by atoms with Crippen LogP contribution < -0.4 is 11.1 Å². The second-order valence-electron chi connectivity index (χ2n) is 2.98. The number of nitrogen functional groups attached to an aromatic ring is 1. The van der Waals surface area contributed by atoms with E-state index in [-0.39, 0.29) is 5.91 Å². The second-order valence-corrected chi connectivity index (χ2v) is 4.44. The monoisotopic (exact) mass is 298 g/mol. The van der Waals surface area contributed by atoms with Gasteiger partial charge >= 0.3 is 0 Å². The Morgan fingerprint density at radius 1 is 1.50 bits per heavy atom. The molecule has 0 bridgehead atoms. The number of anilines is 2. The first-order chi connectivity index (χ1) is 7.66. The summed E-state index contributed by atoms with van der Waals surface area (Å²) in [5.74, 6) is -0.287. The van der Waals surface area contributed by atoms with Gasteiger partial charge in [0.15, 0.2) is 5.69 Å². The summed E-state index contributed by atoms with van der Waals surface area (Å²) < 4.78 is 4.36. The van der Waals surface area contributed by atoms with Crippen LogP contribution in [0.5, 0.6) is 0 Å². The van der Waals surface area contributed by atoms with E-state index in [2.05, 4.69) is 30.8 Å². The lowest BCUT2D eigenvalue weighted by atomic mass is 10.3. The molecule has 1 heterocycles. The fourth-order valence-electron chi connectivity index (χ4n) is 1.06. The van der Waals surface area contributed by atoms with Crippen molar-refractivity contribution in [1.29, 1.82) is 0 Å². The van der Waals surface area contributed by atoms with E-state index in [0.29, 0.717) is 17.1 Å². The molecule has 82 valence electrons. The first kappa shape index (κ1) is 11.0. The van der Waals surface area contributed by atoms with Crippen LogP contribution in [-0.2, 0) is 0 Å². The molecule has 3 N–H and O–H groups in total. The third-order valence-corrected chi connectivity index (χ3v) is 3.04. The molecule has 2 rings (SSSR count). The predicted octanol–water partition coefficient (Wildman–Crippen LogP) is 2.14. The number of amides is 1. The highest BCUT2D eigenvalue weighted by Gasteiger charge is 2.09. The van der Waals surface area contributed by atoms with E-state index in [1.54, 1.807) is 23.6 Å². The molecule has 1 aromatic carbocycles. The van der Waals surface area contributed by atoms with Crippen LogP contribution in [0, 0.1) is 0 Å². The molecular weight excluding hydrogens is 292 g/mol. The van der Waals surface area contributed by atoms with Gasteiger partial charge in [-0.2, -0.15) is 0 Å². The van der Waals surface area contributed by atoms with E-state index in [4.69, 9.17) is 5.73 Å². The van der Waals surface area contributed by atoms with Crippen LogP contribution in [0.3, 0.4) is 0 Å². The number of carbonyl (C=O) groups excluding carboxylic acids is 1. The molecule has 0 aliphatic rings. The highest BCUT2D eigenvalue weighted by atomic mass is 79.9. The molecule has 0 atom stereocenters. The number of nitrogens with zero attached hydrogens (tertiary/aromatic N) is 2. The van der Waals surface area contributed by atoms with Crippen molar-refractivity contribution in [2.45, 2.75) is 0 Å². The Hall–Kier alpha value is -1.47. The maximum atomic E-state index is 11.6. The Labute approximate surface area is 104 Å². The fraction of sp³-hybridized carbons (Fsp3) is 0. The molecule has 0 saturated carbocycles. The number of rotatable bonds is 2. The molecule has 0 fully saturated rings. The lowest BCUT2D eigenvalue weighted by molar-refractivity contribution is 0.102. The van der Waals surface area contributed by atoms with Crippen LogP contribution in [0.1, 0.15) is 10.5 Å². The Morgan fingerprint density at radius 3 is 2.94 bits per heavy atom. The molecule has 0 aliphatic heterocycles. The molecule has 0 unspecified atom stereocenters. The summed E-state index contributed by atoms with van der Waals surface area (Å²) in [6.07, 6.45) is 0. The van der Waals surface area contributed by atoms with Crippen molar-refractivity contribution in [3.05, 3.63) is 33.7 Å². The maximum absolute atomic E-state index is 11.6. The van der Waals surface area contributed by atoms with Gasteiger partial charge in [-0.15, -0.1) is 5.10 Å². The van der Waals surface area contributed by atoms with Crippen molar-refractivity contribution in [2.75, 3.05) is 11.1 Å². The maximum Gasteiger partial charge on any atom is 0.277 e. The smallest absolute Gasteiger partial charge is 0.277 e. The molecule has 0 spiro atoms.